The van der Waals surface area contributed by atoms with Gasteiger partial charge in [0.05, 0.1) is 18.3 Å². The molecular weight excluding hydrogens is 258 g/mol. The third-order valence-corrected chi connectivity index (χ3v) is 4.20. The molecule has 0 saturated carbocycles. The van der Waals surface area contributed by atoms with Crippen molar-refractivity contribution in [3.8, 4) is 0 Å². The van der Waals surface area contributed by atoms with E-state index in [1.54, 1.807) is 15.8 Å². The zero-order chi connectivity index (χ0) is 14.1. The molecule has 2 aliphatic heterocycles. The fraction of sp³-hybridized carbons (Fsp3) is 0.714. The van der Waals surface area contributed by atoms with Crippen LogP contribution in [0.3, 0.4) is 0 Å². The van der Waals surface area contributed by atoms with Gasteiger partial charge >= 0.3 is 0 Å². The minimum atomic E-state index is -0.458. The van der Waals surface area contributed by atoms with E-state index in [-0.39, 0.29) is 18.1 Å². The van der Waals surface area contributed by atoms with Crippen LogP contribution < -0.4 is 0 Å². The fourth-order valence-electron chi connectivity index (χ4n) is 3.13. The quantitative estimate of drug-likeness (QED) is 0.852. The van der Waals surface area contributed by atoms with Gasteiger partial charge in [0.1, 0.15) is 6.10 Å². The van der Waals surface area contributed by atoms with E-state index in [9.17, 15) is 9.90 Å². The van der Waals surface area contributed by atoms with Gasteiger partial charge < -0.3 is 14.7 Å². The van der Waals surface area contributed by atoms with E-state index in [2.05, 4.69) is 5.10 Å². The van der Waals surface area contributed by atoms with Gasteiger partial charge in [0.25, 0.3) is 5.91 Å². The molecule has 3 heterocycles. The number of carbonyl (C=O) groups excluding carboxylic acids is 1. The van der Waals surface area contributed by atoms with Gasteiger partial charge in [0.15, 0.2) is 0 Å². The lowest BCUT2D eigenvalue weighted by atomic mass is 10.0. The van der Waals surface area contributed by atoms with Gasteiger partial charge in [-0.1, -0.05) is 0 Å². The van der Waals surface area contributed by atoms with E-state index < -0.39 is 6.10 Å². The third-order valence-electron chi connectivity index (χ3n) is 4.20. The Bertz CT molecular complexity index is 482. The van der Waals surface area contributed by atoms with E-state index in [0.717, 1.165) is 18.4 Å². The summed E-state index contributed by atoms with van der Waals surface area (Å²) >= 11 is 0. The van der Waals surface area contributed by atoms with Crippen molar-refractivity contribution in [3.63, 3.8) is 0 Å². The number of hydrogen-bond donors (Lipinski definition) is 1. The number of aromatic nitrogens is 2. The second-order valence-electron chi connectivity index (χ2n) is 5.68. The molecule has 6 nitrogen and oxygen atoms in total. The SMILES string of the molecule is Cn1cc(C[C@@H]2[C@H](O)CCN2C(=O)[C@@H]2CCCO2)cn1. The van der Waals surface area contributed by atoms with Crippen LogP contribution in [-0.4, -0.2) is 57.1 Å². The van der Waals surface area contributed by atoms with Crippen molar-refractivity contribution < 1.29 is 14.6 Å². The van der Waals surface area contributed by atoms with Gasteiger partial charge in [0.2, 0.25) is 0 Å². The standard InChI is InChI=1S/C14H21N3O3/c1-16-9-10(8-15-16)7-11-12(18)4-5-17(11)14(19)13-3-2-6-20-13/h8-9,11-13,18H,2-7H2,1H3/t11-,12-,13+/m1/s1. The molecule has 1 N–H and O–H groups in total. The molecular formula is C14H21N3O3. The van der Waals surface area contributed by atoms with E-state index in [1.807, 2.05) is 13.2 Å². The molecule has 2 saturated heterocycles. The number of nitrogens with zero attached hydrogens (tertiary/aromatic N) is 3. The Morgan fingerprint density at radius 2 is 2.40 bits per heavy atom. The monoisotopic (exact) mass is 279 g/mol. The van der Waals surface area contributed by atoms with Crippen LogP contribution in [-0.2, 0) is 23.0 Å². The second kappa shape index (κ2) is 5.54. The molecule has 0 spiro atoms. The molecule has 0 unspecified atom stereocenters. The Balaban J connectivity index is 1.71. The van der Waals surface area contributed by atoms with Crippen LogP contribution in [0.15, 0.2) is 12.4 Å². The lowest BCUT2D eigenvalue weighted by Crippen LogP contribution is -2.45. The highest BCUT2D eigenvalue weighted by atomic mass is 16.5. The minimum Gasteiger partial charge on any atom is -0.391 e. The Labute approximate surface area is 118 Å². The van der Waals surface area contributed by atoms with Crippen molar-refractivity contribution >= 4 is 5.91 Å². The molecule has 3 atom stereocenters. The molecule has 0 aliphatic carbocycles. The Morgan fingerprint density at radius 1 is 1.55 bits per heavy atom. The van der Waals surface area contributed by atoms with Crippen molar-refractivity contribution in [2.75, 3.05) is 13.2 Å². The van der Waals surface area contributed by atoms with Gasteiger partial charge in [-0.2, -0.15) is 5.10 Å². The maximum Gasteiger partial charge on any atom is 0.252 e. The van der Waals surface area contributed by atoms with Crippen molar-refractivity contribution in [3.05, 3.63) is 18.0 Å². The lowest BCUT2D eigenvalue weighted by molar-refractivity contribution is -0.142. The molecule has 110 valence electrons. The van der Waals surface area contributed by atoms with Crippen LogP contribution >= 0.6 is 0 Å². The lowest BCUT2D eigenvalue weighted by Gasteiger charge is -2.28. The Hall–Kier alpha value is -1.40. The number of carbonyl (C=O) groups is 1. The summed E-state index contributed by atoms with van der Waals surface area (Å²) in [5.74, 6) is 0.0351. The van der Waals surface area contributed by atoms with E-state index in [4.69, 9.17) is 4.74 Å². The van der Waals surface area contributed by atoms with Crippen LogP contribution in [0.4, 0.5) is 0 Å². The number of rotatable bonds is 3. The molecule has 20 heavy (non-hydrogen) atoms. The third kappa shape index (κ3) is 2.58. The number of aliphatic hydroxyl groups excluding tert-OH is 1. The summed E-state index contributed by atoms with van der Waals surface area (Å²) in [6, 6.07) is -0.157. The smallest absolute Gasteiger partial charge is 0.252 e. The van der Waals surface area contributed by atoms with Crippen molar-refractivity contribution in [2.24, 2.45) is 7.05 Å². The maximum atomic E-state index is 12.5. The average Bonchev–Trinajstić information content (AvgIpc) is 3.13. The highest BCUT2D eigenvalue weighted by molar-refractivity contribution is 5.81. The highest BCUT2D eigenvalue weighted by Crippen LogP contribution is 2.25. The first kappa shape index (κ1) is 13.6. The normalized spacial score (nSPS) is 30.1. The number of hydrogen-bond acceptors (Lipinski definition) is 4. The Kier molecular flexibility index (Phi) is 3.76. The van der Waals surface area contributed by atoms with E-state index in [0.29, 0.717) is 26.0 Å². The summed E-state index contributed by atoms with van der Waals surface area (Å²) in [4.78, 5) is 14.3. The van der Waals surface area contributed by atoms with E-state index >= 15 is 0 Å². The predicted molar refractivity (Wildman–Crippen MR) is 72.0 cm³/mol. The van der Waals surface area contributed by atoms with Gasteiger partial charge in [-0.05, 0) is 31.2 Å². The van der Waals surface area contributed by atoms with Gasteiger partial charge in [-0.3, -0.25) is 9.48 Å². The van der Waals surface area contributed by atoms with Crippen LogP contribution in [0.25, 0.3) is 0 Å². The first-order valence-electron chi connectivity index (χ1n) is 7.23. The maximum absolute atomic E-state index is 12.5. The largest absolute Gasteiger partial charge is 0.391 e. The number of amides is 1. The number of aryl methyl sites for hydroxylation is 1. The van der Waals surface area contributed by atoms with Crippen LogP contribution in [0, 0.1) is 0 Å². The zero-order valence-corrected chi connectivity index (χ0v) is 11.7. The molecule has 1 amide bonds. The number of aliphatic hydroxyl groups is 1. The molecule has 0 bridgehead atoms. The summed E-state index contributed by atoms with van der Waals surface area (Å²) in [6.07, 6.45) is 5.99. The molecule has 2 fully saturated rings. The highest BCUT2D eigenvalue weighted by Gasteiger charge is 2.39. The van der Waals surface area contributed by atoms with Gasteiger partial charge in [-0.15, -0.1) is 0 Å². The molecule has 1 aromatic rings. The average molecular weight is 279 g/mol. The Morgan fingerprint density at radius 3 is 3.05 bits per heavy atom. The van der Waals surface area contributed by atoms with E-state index in [1.165, 1.54) is 0 Å². The summed E-state index contributed by atoms with van der Waals surface area (Å²) in [6.45, 7) is 1.28. The first-order valence-corrected chi connectivity index (χ1v) is 7.23. The number of ether oxygens (including phenoxy) is 1. The minimum absolute atomic E-state index is 0.0351. The number of likely N-dealkylation sites (tertiary alicyclic amines) is 1. The summed E-state index contributed by atoms with van der Waals surface area (Å²) < 4.78 is 7.21. The second-order valence-corrected chi connectivity index (χ2v) is 5.68. The zero-order valence-electron chi connectivity index (χ0n) is 11.7. The first-order chi connectivity index (χ1) is 9.65. The summed E-state index contributed by atoms with van der Waals surface area (Å²) in [7, 11) is 1.86. The van der Waals surface area contributed by atoms with Crippen molar-refractivity contribution in [1.82, 2.24) is 14.7 Å². The molecule has 0 aromatic carbocycles. The summed E-state index contributed by atoms with van der Waals surface area (Å²) in [5.41, 5.74) is 1.04. The van der Waals surface area contributed by atoms with Crippen molar-refractivity contribution in [1.29, 1.82) is 0 Å². The molecule has 2 aliphatic rings. The van der Waals surface area contributed by atoms with Crippen molar-refractivity contribution in [2.45, 2.75) is 43.9 Å². The molecule has 3 rings (SSSR count). The molecule has 0 radical (unpaired) electrons. The van der Waals surface area contributed by atoms with Gasteiger partial charge in [-0.25, -0.2) is 0 Å². The molecule has 1 aromatic heterocycles. The predicted octanol–water partition coefficient (Wildman–Crippen LogP) is 0.103. The fourth-order valence-corrected chi connectivity index (χ4v) is 3.13. The van der Waals surface area contributed by atoms with Crippen LogP contribution in [0.1, 0.15) is 24.8 Å². The molecule has 6 heteroatoms. The topological polar surface area (TPSA) is 67.6 Å². The van der Waals surface area contributed by atoms with Crippen LogP contribution in [0.5, 0.6) is 0 Å². The van der Waals surface area contributed by atoms with Crippen LogP contribution in [0.2, 0.25) is 0 Å². The summed E-state index contributed by atoms with van der Waals surface area (Å²) in [5, 5.41) is 14.3. The van der Waals surface area contributed by atoms with Gasteiger partial charge in [0, 0.05) is 26.4 Å².